The molecule has 0 atom stereocenters. The number of benzene rings is 1. The Hall–Kier alpha value is -3.07. The van der Waals surface area contributed by atoms with E-state index in [1.807, 2.05) is 30.3 Å². The molecule has 3 aromatic heterocycles. The lowest BCUT2D eigenvalue weighted by Crippen LogP contribution is -2.17. The Kier molecular flexibility index (Phi) is 5.52. The molecule has 0 saturated carbocycles. The molecule has 166 valence electrons. The van der Waals surface area contributed by atoms with Crippen molar-refractivity contribution in [2.24, 2.45) is 0 Å². The number of carbonyl (C=O) groups excluding carboxylic acids is 1. The van der Waals surface area contributed by atoms with Crippen LogP contribution in [-0.4, -0.2) is 36.2 Å². The first-order valence-corrected chi connectivity index (χ1v) is 12.9. The van der Waals surface area contributed by atoms with E-state index in [1.165, 1.54) is 18.3 Å². The summed E-state index contributed by atoms with van der Waals surface area (Å²) in [7, 11) is -1.77. The maximum absolute atomic E-state index is 12.8. The van der Waals surface area contributed by atoms with Crippen LogP contribution in [0.5, 0.6) is 0 Å². The Labute approximate surface area is 200 Å². The molecule has 0 spiro atoms. The SMILES string of the molecule is CN1Cc2cc(-c3ccc(-c4cncc(CS(=O)(=O)c5ccc(Cl)nc5)c4)s3)ccc2C1=O. The second kappa shape index (κ2) is 8.37. The van der Waals surface area contributed by atoms with E-state index in [2.05, 4.69) is 16.0 Å². The standard InChI is InChI=1S/C24H18ClN3O3S2/c1-28-13-18-9-16(2-4-20(18)24(28)29)21-5-6-22(32-21)17-8-15(10-26-11-17)14-33(30,31)19-3-7-23(25)27-12-19/h2-12H,13-14H2,1H3. The van der Waals surface area contributed by atoms with Gasteiger partial charge < -0.3 is 4.90 Å². The third-order valence-corrected chi connectivity index (χ3v) is 8.56. The molecule has 33 heavy (non-hydrogen) atoms. The van der Waals surface area contributed by atoms with Crippen molar-refractivity contribution < 1.29 is 13.2 Å². The first-order valence-electron chi connectivity index (χ1n) is 10.1. The van der Waals surface area contributed by atoms with Gasteiger partial charge in [0.1, 0.15) is 5.15 Å². The maximum atomic E-state index is 12.8. The van der Waals surface area contributed by atoms with Crippen molar-refractivity contribution in [2.75, 3.05) is 7.05 Å². The molecule has 1 aliphatic heterocycles. The number of sulfone groups is 1. The van der Waals surface area contributed by atoms with Crippen molar-refractivity contribution >= 4 is 38.7 Å². The minimum atomic E-state index is -3.57. The molecule has 1 amide bonds. The van der Waals surface area contributed by atoms with Crippen LogP contribution in [0.1, 0.15) is 21.5 Å². The van der Waals surface area contributed by atoms with Crippen LogP contribution < -0.4 is 0 Å². The Balaban J connectivity index is 1.40. The van der Waals surface area contributed by atoms with E-state index in [1.54, 1.807) is 35.7 Å². The lowest BCUT2D eigenvalue weighted by Gasteiger charge is -2.06. The highest BCUT2D eigenvalue weighted by atomic mass is 35.5. The van der Waals surface area contributed by atoms with Gasteiger partial charge in [-0.15, -0.1) is 11.3 Å². The number of fused-ring (bicyclic) bond motifs is 1. The average molecular weight is 496 g/mol. The summed E-state index contributed by atoms with van der Waals surface area (Å²) in [5.74, 6) is -0.127. The number of hydrogen-bond donors (Lipinski definition) is 0. The number of thiophene rings is 1. The van der Waals surface area contributed by atoms with Crippen LogP contribution in [0.25, 0.3) is 20.9 Å². The zero-order valence-electron chi connectivity index (χ0n) is 17.5. The molecule has 0 N–H and O–H groups in total. The summed E-state index contributed by atoms with van der Waals surface area (Å²) < 4.78 is 25.5. The van der Waals surface area contributed by atoms with Crippen LogP contribution in [0.2, 0.25) is 5.15 Å². The molecule has 0 unspecified atom stereocenters. The average Bonchev–Trinajstić information content (AvgIpc) is 3.39. The summed E-state index contributed by atoms with van der Waals surface area (Å²) in [4.78, 5) is 24.1. The highest BCUT2D eigenvalue weighted by molar-refractivity contribution is 7.90. The quantitative estimate of drug-likeness (QED) is 0.360. The van der Waals surface area contributed by atoms with Gasteiger partial charge in [-0.25, -0.2) is 13.4 Å². The number of hydrogen-bond acceptors (Lipinski definition) is 6. The third kappa shape index (κ3) is 4.29. The molecule has 9 heteroatoms. The second-order valence-corrected chi connectivity index (χ2v) is 11.3. The highest BCUT2D eigenvalue weighted by Gasteiger charge is 2.24. The molecule has 4 heterocycles. The Morgan fingerprint density at radius 2 is 1.79 bits per heavy atom. The number of carbonyl (C=O) groups is 1. The fraction of sp³-hybridized carbons (Fsp3) is 0.125. The second-order valence-electron chi connectivity index (χ2n) is 7.85. The fourth-order valence-corrected chi connectivity index (χ4v) is 6.17. The van der Waals surface area contributed by atoms with Crippen LogP contribution in [0, 0.1) is 0 Å². The van der Waals surface area contributed by atoms with E-state index < -0.39 is 9.84 Å². The molecule has 1 aliphatic rings. The monoisotopic (exact) mass is 495 g/mol. The van der Waals surface area contributed by atoms with Gasteiger partial charge in [0.2, 0.25) is 0 Å². The van der Waals surface area contributed by atoms with Crippen molar-refractivity contribution in [3.05, 3.63) is 89.0 Å². The van der Waals surface area contributed by atoms with Crippen LogP contribution in [-0.2, 0) is 22.1 Å². The van der Waals surface area contributed by atoms with Gasteiger partial charge in [0.25, 0.3) is 5.91 Å². The molecule has 4 aromatic rings. The topological polar surface area (TPSA) is 80.2 Å². The summed E-state index contributed by atoms with van der Waals surface area (Å²) in [6.07, 6.45) is 4.56. The molecule has 5 rings (SSSR count). The number of rotatable bonds is 5. The van der Waals surface area contributed by atoms with Gasteiger partial charge in [-0.05, 0) is 59.2 Å². The van der Waals surface area contributed by atoms with E-state index in [9.17, 15) is 13.2 Å². The molecule has 1 aromatic carbocycles. The lowest BCUT2D eigenvalue weighted by atomic mass is 10.1. The van der Waals surface area contributed by atoms with Gasteiger partial charge >= 0.3 is 0 Å². The zero-order valence-corrected chi connectivity index (χ0v) is 19.9. The summed E-state index contributed by atoms with van der Waals surface area (Å²) in [6, 6.07) is 14.7. The van der Waals surface area contributed by atoms with Crippen LogP contribution in [0.3, 0.4) is 0 Å². The number of nitrogens with zero attached hydrogens (tertiary/aromatic N) is 3. The Bertz CT molecular complexity index is 1480. The minimum Gasteiger partial charge on any atom is -0.337 e. The van der Waals surface area contributed by atoms with E-state index >= 15 is 0 Å². The van der Waals surface area contributed by atoms with E-state index in [-0.39, 0.29) is 21.7 Å². The Morgan fingerprint density at radius 1 is 1.00 bits per heavy atom. The summed E-state index contributed by atoms with van der Waals surface area (Å²) in [5, 5.41) is 0.244. The molecule has 0 bridgehead atoms. The van der Waals surface area contributed by atoms with E-state index in [0.29, 0.717) is 12.1 Å². The van der Waals surface area contributed by atoms with Crippen molar-refractivity contribution in [2.45, 2.75) is 17.2 Å². The smallest absolute Gasteiger partial charge is 0.254 e. The predicted octanol–water partition coefficient (Wildman–Crippen LogP) is 5.09. The number of pyridine rings is 2. The first kappa shape index (κ1) is 21.8. The zero-order chi connectivity index (χ0) is 23.2. The van der Waals surface area contributed by atoms with E-state index in [0.717, 1.165) is 32.0 Å². The summed E-state index contributed by atoms with van der Waals surface area (Å²) in [6.45, 7) is 0.615. The van der Waals surface area contributed by atoms with Gasteiger partial charge in [-0.1, -0.05) is 17.7 Å². The normalized spacial score (nSPS) is 13.4. The van der Waals surface area contributed by atoms with Crippen LogP contribution in [0.4, 0.5) is 0 Å². The third-order valence-electron chi connectivity index (χ3n) is 5.48. The molecule has 0 aliphatic carbocycles. The first-order chi connectivity index (χ1) is 15.8. The van der Waals surface area contributed by atoms with Gasteiger partial charge in [0.05, 0.1) is 10.6 Å². The highest BCUT2D eigenvalue weighted by Crippen LogP contribution is 2.36. The predicted molar refractivity (Wildman–Crippen MR) is 129 cm³/mol. The maximum Gasteiger partial charge on any atom is 0.254 e. The largest absolute Gasteiger partial charge is 0.337 e. The van der Waals surface area contributed by atoms with Crippen LogP contribution in [0.15, 0.2) is 72.0 Å². The molecule has 0 radical (unpaired) electrons. The van der Waals surface area contributed by atoms with Crippen molar-refractivity contribution in [3.63, 3.8) is 0 Å². The number of halogens is 1. The van der Waals surface area contributed by atoms with Crippen molar-refractivity contribution in [3.8, 4) is 20.9 Å². The molecular weight excluding hydrogens is 478 g/mol. The molecular formula is C24H18ClN3O3S2. The van der Waals surface area contributed by atoms with Gasteiger partial charge in [-0.2, -0.15) is 0 Å². The van der Waals surface area contributed by atoms with Gasteiger partial charge in [-0.3, -0.25) is 9.78 Å². The number of aromatic nitrogens is 2. The molecule has 0 saturated heterocycles. The molecule has 0 fully saturated rings. The number of amides is 1. The summed E-state index contributed by atoms with van der Waals surface area (Å²) >= 11 is 7.36. The van der Waals surface area contributed by atoms with E-state index in [4.69, 9.17) is 11.6 Å². The van der Waals surface area contributed by atoms with Crippen molar-refractivity contribution in [1.29, 1.82) is 0 Å². The lowest BCUT2D eigenvalue weighted by molar-refractivity contribution is 0.0816. The van der Waals surface area contributed by atoms with Gasteiger partial charge in [0.15, 0.2) is 9.84 Å². The Morgan fingerprint density at radius 3 is 2.55 bits per heavy atom. The minimum absolute atomic E-state index is 0.0515. The molecule has 6 nitrogen and oxygen atoms in total. The van der Waals surface area contributed by atoms with Crippen molar-refractivity contribution in [1.82, 2.24) is 14.9 Å². The summed E-state index contributed by atoms with van der Waals surface area (Å²) in [5.41, 5.74) is 4.28. The fourth-order valence-electron chi connectivity index (χ4n) is 3.82. The van der Waals surface area contributed by atoms with Gasteiger partial charge in [0, 0.05) is 53.1 Å². The van der Waals surface area contributed by atoms with Crippen LogP contribution >= 0.6 is 22.9 Å².